The lowest BCUT2D eigenvalue weighted by atomic mass is 9.92. The van der Waals surface area contributed by atoms with Crippen LogP contribution in [0.25, 0.3) is 0 Å². The molecule has 2 aromatic rings. The lowest BCUT2D eigenvalue weighted by molar-refractivity contribution is 0.0843. The van der Waals surface area contributed by atoms with E-state index in [9.17, 15) is 4.79 Å². The Morgan fingerprint density at radius 3 is 2.57 bits per heavy atom. The van der Waals surface area contributed by atoms with Crippen LogP contribution < -0.4 is 9.47 Å². The number of hydrogen-bond donors (Lipinski definition) is 0. The van der Waals surface area contributed by atoms with Crippen molar-refractivity contribution in [1.82, 2.24) is 0 Å². The van der Waals surface area contributed by atoms with E-state index in [4.69, 9.17) is 9.47 Å². The molecule has 0 spiro atoms. The highest BCUT2D eigenvalue weighted by Gasteiger charge is 2.32. The Morgan fingerprint density at radius 1 is 1.19 bits per heavy atom. The SMILES string of the molecule is COc1cc(C)c(C)c2c1C(=O)CC(c1ccccc1)O2. The molecule has 1 aliphatic heterocycles. The third kappa shape index (κ3) is 2.29. The van der Waals surface area contributed by atoms with Crippen molar-refractivity contribution >= 4 is 5.78 Å². The number of aryl methyl sites for hydroxylation is 1. The number of carbonyl (C=O) groups is 1. The Bertz CT molecular complexity index is 689. The van der Waals surface area contributed by atoms with Crippen LogP contribution in [0.1, 0.15) is 39.6 Å². The van der Waals surface area contributed by atoms with Gasteiger partial charge >= 0.3 is 0 Å². The zero-order valence-electron chi connectivity index (χ0n) is 12.5. The number of methoxy groups -OCH3 is 1. The lowest BCUT2D eigenvalue weighted by Crippen LogP contribution is -2.22. The highest BCUT2D eigenvalue weighted by molar-refractivity contribution is 6.03. The van der Waals surface area contributed by atoms with Crippen molar-refractivity contribution in [3.8, 4) is 11.5 Å². The summed E-state index contributed by atoms with van der Waals surface area (Å²) < 4.78 is 11.5. The van der Waals surface area contributed by atoms with E-state index in [0.717, 1.165) is 16.7 Å². The number of fused-ring (bicyclic) bond motifs is 1. The molecular weight excluding hydrogens is 264 g/mol. The smallest absolute Gasteiger partial charge is 0.174 e. The average molecular weight is 282 g/mol. The molecule has 1 aliphatic rings. The molecule has 108 valence electrons. The summed E-state index contributed by atoms with van der Waals surface area (Å²) in [5.41, 5.74) is 3.66. The molecule has 0 aliphatic carbocycles. The van der Waals surface area contributed by atoms with Gasteiger partial charge in [-0.15, -0.1) is 0 Å². The zero-order chi connectivity index (χ0) is 15.0. The Kier molecular flexibility index (Phi) is 3.42. The molecule has 0 radical (unpaired) electrons. The largest absolute Gasteiger partial charge is 0.496 e. The van der Waals surface area contributed by atoms with E-state index in [-0.39, 0.29) is 11.9 Å². The molecule has 3 nitrogen and oxygen atoms in total. The molecule has 1 heterocycles. The van der Waals surface area contributed by atoms with Gasteiger partial charge in [0, 0.05) is 0 Å². The first-order valence-corrected chi connectivity index (χ1v) is 7.04. The summed E-state index contributed by atoms with van der Waals surface area (Å²) in [6.45, 7) is 3.98. The number of carbonyl (C=O) groups excluding carboxylic acids is 1. The monoisotopic (exact) mass is 282 g/mol. The van der Waals surface area contributed by atoms with Crippen molar-refractivity contribution in [2.75, 3.05) is 7.11 Å². The van der Waals surface area contributed by atoms with Gasteiger partial charge in [-0.05, 0) is 36.6 Å². The van der Waals surface area contributed by atoms with Gasteiger partial charge in [0.2, 0.25) is 0 Å². The quantitative estimate of drug-likeness (QED) is 0.834. The maximum atomic E-state index is 12.6. The normalized spacial score (nSPS) is 17.1. The van der Waals surface area contributed by atoms with Gasteiger partial charge in [0.1, 0.15) is 23.2 Å². The molecule has 1 unspecified atom stereocenters. The molecule has 0 N–H and O–H groups in total. The topological polar surface area (TPSA) is 35.5 Å². The minimum atomic E-state index is -0.226. The fourth-order valence-electron chi connectivity index (χ4n) is 2.74. The van der Waals surface area contributed by atoms with Gasteiger partial charge in [-0.25, -0.2) is 0 Å². The standard InChI is InChI=1S/C18H18O3/c1-11-9-16(20-3)17-14(19)10-15(21-18(17)12(11)2)13-7-5-4-6-8-13/h4-9,15H,10H2,1-3H3. The maximum Gasteiger partial charge on any atom is 0.174 e. The molecule has 0 aromatic heterocycles. The number of rotatable bonds is 2. The van der Waals surface area contributed by atoms with Crippen LogP contribution in [-0.4, -0.2) is 12.9 Å². The summed E-state index contributed by atoms with van der Waals surface area (Å²) in [4.78, 5) is 12.6. The number of Topliss-reactive ketones (excluding diaryl/α,β-unsaturated/α-hetero) is 1. The van der Waals surface area contributed by atoms with E-state index >= 15 is 0 Å². The van der Waals surface area contributed by atoms with Gasteiger partial charge in [-0.2, -0.15) is 0 Å². The predicted octanol–water partition coefficient (Wildman–Crippen LogP) is 4.02. The highest BCUT2D eigenvalue weighted by Crippen LogP contribution is 2.42. The fourth-order valence-corrected chi connectivity index (χ4v) is 2.74. The van der Waals surface area contributed by atoms with Crippen molar-refractivity contribution in [3.63, 3.8) is 0 Å². The molecule has 0 fully saturated rings. The van der Waals surface area contributed by atoms with Crippen LogP contribution in [0, 0.1) is 13.8 Å². The number of benzene rings is 2. The Labute approximate surface area is 124 Å². The minimum absolute atomic E-state index is 0.0741. The van der Waals surface area contributed by atoms with Crippen molar-refractivity contribution < 1.29 is 14.3 Å². The molecule has 0 saturated heterocycles. The first kappa shape index (κ1) is 13.7. The van der Waals surface area contributed by atoms with Crippen molar-refractivity contribution in [3.05, 3.63) is 58.7 Å². The van der Waals surface area contributed by atoms with Gasteiger partial charge in [0.15, 0.2) is 5.78 Å². The fraction of sp³-hybridized carbons (Fsp3) is 0.278. The second-order valence-corrected chi connectivity index (χ2v) is 5.37. The van der Waals surface area contributed by atoms with E-state index in [0.29, 0.717) is 23.5 Å². The van der Waals surface area contributed by atoms with Crippen LogP contribution in [0.2, 0.25) is 0 Å². The second-order valence-electron chi connectivity index (χ2n) is 5.37. The van der Waals surface area contributed by atoms with E-state index in [1.54, 1.807) is 7.11 Å². The average Bonchev–Trinajstić information content (AvgIpc) is 2.51. The molecule has 2 aromatic carbocycles. The Balaban J connectivity index is 2.10. The summed E-state index contributed by atoms with van der Waals surface area (Å²) in [6, 6.07) is 11.8. The highest BCUT2D eigenvalue weighted by atomic mass is 16.5. The van der Waals surface area contributed by atoms with Crippen LogP contribution in [0.15, 0.2) is 36.4 Å². The lowest BCUT2D eigenvalue weighted by Gasteiger charge is -2.28. The molecule has 3 heteroatoms. The third-order valence-electron chi connectivity index (χ3n) is 4.05. The van der Waals surface area contributed by atoms with E-state index < -0.39 is 0 Å². The van der Waals surface area contributed by atoms with E-state index in [1.165, 1.54) is 0 Å². The second kappa shape index (κ2) is 5.24. The number of ketones is 1. The first-order valence-electron chi connectivity index (χ1n) is 7.04. The van der Waals surface area contributed by atoms with E-state index in [1.807, 2.05) is 50.2 Å². The van der Waals surface area contributed by atoms with Crippen LogP contribution in [0.4, 0.5) is 0 Å². The predicted molar refractivity (Wildman–Crippen MR) is 81.2 cm³/mol. The minimum Gasteiger partial charge on any atom is -0.496 e. The molecule has 0 bridgehead atoms. The summed E-state index contributed by atoms with van der Waals surface area (Å²) in [7, 11) is 1.58. The molecule has 3 rings (SSSR count). The maximum absolute atomic E-state index is 12.6. The van der Waals surface area contributed by atoms with Crippen LogP contribution in [0.5, 0.6) is 11.5 Å². The van der Waals surface area contributed by atoms with E-state index in [2.05, 4.69) is 0 Å². The number of ether oxygens (including phenoxy) is 2. The Morgan fingerprint density at radius 2 is 1.90 bits per heavy atom. The number of hydrogen-bond acceptors (Lipinski definition) is 3. The van der Waals surface area contributed by atoms with Crippen molar-refractivity contribution in [2.45, 2.75) is 26.4 Å². The first-order chi connectivity index (χ1) is 10.1. The zero-order valence-corrected chi connectivity index (χ0v) is 12.5. The van der Waals surface area contributed by atoms with Gasteiger partial charge in [-0.1, -0.05) is 30.3 Å². The summed E-state index contributed by atoms with van der Waals surface area (Å²) in [5, 5.41) is 0. The summed E-state index contributed by atoms with van der Waals surface area (Å²) >= 11 is 0. The van der Waals surface area contributed by atoms with Crippen molar-refractivity contribution in [2.24, 2.45) is 0 Å². The van der Waals surface area contributed by atoms with Crippen LogP contribution in [-0.2, 0) is 0 Å². The molecule has 0 saturated carbocycles. The van der Waals surface area contributed by atoms with Gasteiger partial charge < -0.3 is 9.47 Å². The summed E-state index contributed by atoms with van der Waals surface area (Å²) in [5.74, 6) is 1.34. The molecular formula is C18H18O3. The van der Waals surface area contributed by atoms with Gasteiger partial charge in [0.25, 0.3) is 0 Å². The third-order valence-corrected chi connectivity index (χ3v) is 4.05. The molecule has 1 atom stereocenters. The summed E-state index contributed by atoms with van der Waals surface area (Å²) in [6.07, 6.45) is 0.118. The molecule has 21 heavy (non-hydrogen) atoms. The van der Waals surface area contributed by atoms with Gasteiger partial charge in [0.05, 0.1) is 13.5 Å². The Hall–Kier alpha value is -2.29. The molecule has 0 amide bonds. The van der Waals surface area contributed by atoms with Crippen LogP contribution in [0.3, 0.4) is 0 Å². The van der Waals surface area contributed by atoms with Crippen molar-refractivity contribution in [1.29, 1.82) is 0 Å². The van der Waals surface area contributed by atoms with Crippen LogP contribution >= 0.6 is 0 Å². The van der Waals surface area contributed by atoms with Gasteiger partial charge in [-0.3, -0.25) is 4.79 Å².